The maximum absolute atomic E-state index is 11.9. The highest BCUT2D eigenvalue weighted by Gasteiger charge is 2.41. The molecule has 1 aliphatic rings. The third-order valence-electron chi connectivity index (χ3n) is 3.34. The van der Waals surface area contributed by atoms with Gasteiger partial charge < -0.3 is 10.6 Å². The van der Waals surface area contributed by atoms with E-state index in [-0.39, 0.29) is 24.9 Å². The van der Waals surface area contributed by atoms with Crippen LogP contribution < -0.4 is 16.0 Å². The molecule has 102 valence electrons. The van der Waals surface area contributed by atoms with E-state index in [0.717, 1.165) is 11.3 Å². The van der Waals surface area contributed by atoms with Gasteiger partial charge in [0.05, 0.1) is 6.54 Å². The molecular weight excluding hydrogens is 266 g/mol. The predicted molar refractivity (Wildman–Crippen MR) is 73.9 cm³/mol. The lowest BCUT2D eigenvalue weighted by Gasteiger charge is -2.42. The molecular formula is C13H16ClN3O2. The zero-order chi connectivity index (χ0) is 14.2. The number of rotatable bonds is 2. The molecule has 0 spiro atoms. The minimum Gasteiger partial charge on any atom is -0.348 e. The maximum Gasteiger partial charge on any atom is 0.251 e. The summed E-state index contributed by atoms with van der Waals surface area (Å²) in [5, 5.41) is 2.92. The molecule has 1 fully saturated rings. The summed E-state index contributed by atoms with van der Waals surface area (Å²) in [6.45, 7) is 3.94. The van der Waals surface area contributed by atoms with Crippen LogP contribution in [-0.4, -0.2) is 23.9 Å². The van der Waals surface area contributed by atoms with E-state index in [4.69, 9.17) is 17.3 Å². The Kier molecular flexibility index (Phi) is 3.52. The van der Waals surface area contributed by atoms with Gasteiger partial charge in [0.15, 0.2) is 0 Å². The first-order valence-corrected chi connectivity index (χ1v) is 6.34. The molecule has 0 bridgehead atoms. The maximum atomic E-state index is 11.9. The van der Waals surface area contributed by atoms with E-state index in [1.165, 1.54) is 0 Å². The van der Waals surface area contributed by atoms with Gasteiger partial charge in [-0.2, -0.15) is 0 Å². The molecule has 0 unspecified atom stereocenters. The van der Waals surface area contributed by atoms with Crippen LogP contribution in [0.1, 0.15) is 19.4 Å². The molecule has 1 aliphatic heterocycles. The minimum atomic E-state index is -0.814. The first-order chi connectivity index (χ1) is 8.86. The number of hydrogen-bond donors (Lipinski definition) is 2. The van der Waals surface area contributed by atoms with Crippen LogP contribution >= 0.6 is 11.6 Å². The van der Waals surface area contributed by atoms with Crippen molar-refractivity contribution >= 4 is 29.1 Å². The van der Waals surface area contributed by atoms with Gasteiger partial charge in [0, 0.05) is 17.3 Å². The number of hydrogen-bond acceptors (Lipinski definition) is 4. The van der Waals surface area contributed by atoms with Crippen LogP contribution in [0.3, 0.4) is 0 Å². The van der Waals surface area contributed by atoms with E-state index in [1.807, 2.05) is 0 Å². The summed E-state index contributed by atoms with van der Waals surface area (Å²) >= 11 is 5.94. The molecule has 5 nitrogen and oxygen atoms in total. The van der Waals surface area contributed by atoms with Crippen molar-refractivity contribution in [2.24, 2.45) is 5.73 Å². The zero-order valence-electron chi connectivity index (χ0n) is 10.9. The highest BCUT2D eigenvalue weighted by Crippen LogP contribution is 2.31. The second kappa shape index (κ2) is 4.83. The van der Waals surface area contributed by atoms with Crippen LogP contribution in [0.5, 0.6) is 0 Å². The molecule has 1 saturated heterocycles. The number of halogens is 1. The number of amides is 2. The lowest BCUT2D eigenvalue weighted by atomic mass is 9.96. The number of piperazine rings is 1. The van der Waals surface area contributed by atoms with Gasteiger partial charge in [0.2, 0.25) is 5.91 Å². The molecule has 3 N–H and O–H groups in total. The molecule has 0 aromatic heterocycles. The number of carbonyl (C=O) groups is 2. The Bertz CT molecular complexity index is 543. The fourth-order valence-corrected chi connectivity index (χ4v) is 2.34. The first kappa shape index (κ1) is 13.8. The number of benzene rings is 1. The highest BCUT2D eigenvalue weighted by atomic mass is 35.5. The summed E-state index contributed by atoms with van der Waals surface area (Å²) in [6.07, 6.45) is 0. The molecule has 0 saturated carbocycles. The molecule has 6 heteroatoms. The van der Waals surface area contributed by atoms with Gasteiger partial charge in [-0.25, -0.2) is 0 Å². The Morgan fingerprint density at radius 1 is 1.42 bits per heavy atom. The SMILES string of the molecule is CC1(C)C(=O)NC(=O)CN1c1ccc(Cl)cc1CN. The minimum absolute atomic E-state index is 0.118. The van der Waals surface area contributed by atoms with Crippen molar-refractivity contribution in [2.45, 2.75) is 25.9 Å². The van der Waals surface area contributed by atoms with Crippen molar-refractivity contribution in [1.82, 2.24) is 5.32 Å². The Morgan fingerprint density at radius 2 is 2.11 bits per heavy atom. The molecule has 2 rings (SSSR count). The van der Waals surface area contributed by atoms with Crippen molar-refractivity contribution in [3.05, 3.63) is 28.8 Å². The van der Waals surface area contributed by atoms with Crippen molar-refractivity contribution in [2.75, 3.05) is 11.4 Å². The van der Waals surface area contributed by atoms with Gasteiger partial charge in [-0.05, 0) is 37.6 Å². The predicted octanol–water partition coefficient (Wildman–Crippen LogP) is 1.04. The van der Waals surface area contributed by atoms with Gasteiger partial charge in [-0.3, -0.25) is 14.9 Å². The van der Waals surface area contributed by atoms with Crippen molar-refractivity contribution in [3.63, 3.8) is 0 Å². The Morgan fingerprint density at radius 3 is 2.74 bits per heavy atom. The van der Waals surface area contributed by atoms with E-state index >= 15 is 0 Å². The Balaban J connectivity index is 2.49. The molecule has 0 aliphatic carbocycles. The van der Waals surface area contributed by atoms with Gasteiger partial charge >= 0.3 is 0 Å². The average Bonchev–Trinajstić information content (AvgIpc) is 2.34. The standard InChI is InChI=1S/C13H16ClN3O2/c1-13(2)12(19)16-11(18)7-17(13)10-4-3-9(14)5-8(10)6-15/h3-5H,6-7,15H2,1-2H3,(H,16,18,19). The fourth-order valence-electron chi connectivity index (χ4n) is 2.15. The molecule has 1 aromatic carbocycles. The quantitative estimate of drug-likeness (QED) is 0.794. The summed E-state index contributed by atoms with van der Waals surface area (Å²) in [5.41, 5.74) is 6.47. The number of carbonyl (C=O) groups excluding carboxylic acids is 2. The summed E-state index contributed by atoms with van der Waals surface area (Å²) < 4.78 is 0. The number of nitrogens with zero attached hydrogens (tertiary/aromatic N) is 1. The van der Waals surface area contributed by atoms with E-state index < -0.39 is 5.54 Å². The zero-order valence-corrected chi connectivity index (χ0v) is 11.6. The van der Waals surface area contributed by atoms with Crippen LogP contribution in [0.2, 0.25) is 5.02 Å². The topological polar surface area (TPSA) is 75.4 Å². The molecule has 19 heavy (non-hydrogen) atoms. The second-order valence-electron chi connectivity index (χ2n) is 5.00. The Labute approximate surface area is 116 Å². The summed E-state index contributed by atoms with van der Waals surface area (Å²) in [4.78, 5) is 25.3. The normalized spacial score (nSPS) is 18.4. The number of imide groups is 1. The summed E-state index contributed by atoms with van der Waals surface area (Å²) in [6, 6.07) is 5.27. The van der Waals surface area contributed by atoms with Crippen LogP contribution in [-0.2, 0) is 16.1 Å². The van der Waals surface area contributed by atoms with Crippen molar-refractivity contribution < 1.29 is 9.59 Å². The molecule has 2 amide bonds. The summed E-state index contributed by atoms with van der Waals surface area (Å²) in [5.74, 6) is -0.635. The van der Waals surface area contributed by atoms with Crippen LogP contribution in [0.4, 0.5) is 5.69 Å². The number of anilines is 1. The second-order valence-corrected chi connectivity index (χ2v) is 5.44. The molecule has 1 aromatic rings. The van der Waals surface area contributed by atoms with Crippen molar-refractivity contribution in [1.29, 1.82) is 0 Å². The monoisotopic (exact) mass is 281 g/mol. The third kappa shape index (κ3) is 2.43. The first-order valence-electron chi connectivity index (χ1n) is 5.96. The summed E-state index contributed by atoms with van der Waals surface area (Å²) in [7, 11) is 0. The molecule has 0 atom stereocenters. The highest BCUT2D eigenvalue weighted by molar-refractivity contribution is 6.30. The Hall–Kier alpha value is -1.59. The molecule has 1 heterocycles. The van der Waals surface area contributed by atoms with Crippen molar-refractivity contribution in [3.8, 4) is 0 Å². The van der Waals surface area contributed by atoms with Gasteiger partial charge in [0.1, 0.15) is 5.54 Å². The van der Waals surface area contributed by atoms with Gasteiger partial charge in [-0.15, -0.1) is 0 Å². The van der Waals surface area contributed by atoms with Crippen LogP contribution in [0.15, 0.2) is 18.2 Å². The fraction of sp³-hybridized carbons (Fsp3) is 0.385. The number of nitrogens with two attached hydrogens (primary N) is 1. The lowest BCUT2D eigenvalue weighted by molar-refractivity contribution is -0.135. The number of nitrogens with one attached hydrogen (secondary N) is 1. The van der Waals surface area contributed by atoms with Gasteiger partial charge in [0.25, 0.3) is 5.91 Å². The largest absolute Gasteiger partial charge is 0.348 e. The van der Waals surface area contributed by atoms with E-state index in [9.17, 15) is 9.59 Å². The van der Waals surface area contributed by atoms with Gasteiger partial charge in [-0.1, -0.05) is 11.6 Å². The van der Waals surface area contributed by atoms with E-state index in [1.54, 1.807) is 36.9 Å². The third-order valence-corrected chi connectivity index (χ3v) is 3.57. The average molecular weight is 282 g/mol. The lowest BCUT2D eigenvalue weighted by Crippen LogP contribution is -2.64. The smallest absolute Gasteiger partial charge is 0.251 e. The van der Waals surface area contributed by atoms with Crippen LogP contribution in [0.25, 0.3) is 0 Å². The van der Waals surface area contributed by atoms with Crippen LogP contribution in [0, 0.1) is 0 Å². The molecule has 0 radical (unpaired) electrons. The van der Waals surface area contributed by atoms with E-state index in [2.05, 4.69) is 5.32 Å². The van der Waals surface area contributed by atoms with E-state index in [0.29, 0.717) is 5.02 Å².